The summed E-state index contributed by atoms with van der Waals surface area (Å²) in [6.45, 7) is 0.235. The van der Waals surface area contributed by atoms with Crippen LogP contribution < -0.4 is 10.9 Å². The molecule has 0 spiro atoms. The smallest absolute Gasteiger partial charge is 0.263 e. The van der Waals surface area contributed by atoms with Crippen molar-refractivity contribution >= 4 is 34.3 Å². The van der Waals surface area contributed by atoms with E-state index in [1.54, 1.807) is 18.2 Å². The number of hydrogen-bond acceptors (Lipinski definition) is 5. The molecule has 1 aliphatic carbocycles. The van der Waals surface area contributed by atoms with Gasteiger partial charge in [0.1, 0.15) is 5.82 Å². The van der Waals surface area contributed by atoms with E-state index in [2.05, 4.69) is 15.5 Å². The van der Waals surface area contributed by atoms with Crippen LogP contribution in [0.1, 0.15) is 37.7 Å². The fourth-order valence-electron chi connectivity index (χ4n) is 4.39. The van der Waals surface area contributed by atoms with E-state index < -0.39 is 0 Å². The van der Waals surface area contributed by atoms with Crippen molar-refractivity contribution in [3.05, 3.63) is 70.3 Å². The van der Waals surface area contributed by atoms with Crippen LogP contribution in [-0.4, -0.2) is 36.9 Å². The summed E-state index contributed by atoms with van der Waals surface area (Å²) < 4.78 is 16.7. The lowest BCUT2D eigenvalue weighted by Gasteiger charge is -2.22. The molecule has 0 aliphatic heterocycles. The highest BCUT2D eigenvalue weighted by Gasteiger charge is 2.19. The lowest BCUT2D eigenvalue weighted by Crippen LogP contribution is -2.37. The Morgan fingerprint density at radius 2 is 1.82 bits per heavy atom. The van der Waals surface area contributed by atoms with Crippen molar-refractivity contribution in [2.75, 3.05) is 5.75 Å². The van der Waals surface area contributed by atoms with Crippen molar-refractivity contribution in [3.63, 3.8) is 0 Å². The van der Waals surface area contributed by atoms with Crippen LogP contribution in [0.3, 0.4) is 0 Å². The predicted molar refractivity (Wildman–Crippen MR) is 126 cm³/mol. The third kappa shape index (κ3) is 4.50. The van der Waals surface area contributed by atoms with Gasteiger partial charge in [-0.3, -0.25) is 18.6 Å². The molecular formula is C24H24FN5O2S. The zero-order valence-electron chi connectivity index (χ0n) is 18.0. The molecule has 1 aliphatic rings. The minimum absolute atomic E-state index is 0.0208. The summed E-state index contributed by atoms with van der Waals surface area (Å²) in [5.74, 6) is 0.260. The van der Waals surface area contributed by atoms with Gasteiger partial charge in [-0.05, 0) is 42.7 Å². The van der Waals surface area contributed by atoms with Crippen LogP contribution in [0.2, 0.25) is 0 Å². The van der Waals surface area contributed by atoms with Gasteiger partial charge in [0, 0.05) is 6.04 Å². The zero-order valence-corrected chi connectivity index (χ0v) is 18.9. The highest BCUT2D eigenvalue weighted by molar-refractivity contribution is 7.99. The Bertz CT molecular complexity index is 1360. The molecule has 7 nitrogen and oxygen atoms in total. The molecule has 9 heteroatoms. The van der Waals surface area contributed by atoms with E-state index >= 15 is 0 Å². The summed E-state index contributed by atoms with van der Waals surface area (Å²) in [6.07, 6.45) is 5.61. The Kier molecular flexibility index (Phi) is 6.13. The summed E-state index contributed by atoms with van der Waals surface area (Å²) in [5, 5.41) is 12.8. The molecule has 2 heterocycles. The largest absolute Gasteiger partial charge is 0.353 e. The van der Waals surface area contributed by atoms with Gasteiger partial charge in [0.25, 0.3) is 5.56 Å². The number of thioether (sulfide) groups is 1. The second-order valence-corrected chi connectivity index (χ2v) is 9.29. The number of aromatic nitrogens is 4. The van der Waals surface area contributed by atoms with Gasteiger partial charge >= 0.3 is 0 Å². The molecule has 2 aromatic carbocycles. The minimum atomic E-state index is -0.331. The summed E-state index contributed by atoms with van der Waals surface area (Å²) >= 11 is 1.30. The van der Waals surface area contributed by atoms with E-state index in [0.29, 0.717) is 21.8 Å². The first-order valence-electron chi connectivity index (χ1n) is 11.1. The molecule has 1 fully saturated rings. The zero-order chi connectivity index (χ0) is 22.8. The molecule has 2 aromatic heterocycles. The Morgan fingerprint density at radius 3 is 2.61 bits per heavy atom. The van der Waals surface area contributed by atoms with Crippen molar-refractivity contribution in [1.82, 2.24) is 24.5 Å². The number of fused-ring (bicyclic) bond motifs is 3. The van der Waals surface area contributed by atoms with Crippen LogP contribution in [0.4, 0.5) is 4.39 Å². The number of para-hydroxylation sites is 1. The number of amides is 1. The molecule has 1 N–H and O–H groups in total. The van der Waals surface area contributed by atoms with Gasteiger partial charge in [0.2, 0.25) is 11.7 Å². The fourth-order valence-corrected chi connectivity index (χ4v) is 5.14. The third-order valence-electron chi connectivity index (χ3n) is 6.03. The van der Waals surface area contributed by atoms with Crippen molar-refractivity contribution < 1.29 is 9.18 Å². The number of rotatable bonds is 6. The molecule has 170 valence electrons. The number of carbonyl (C=O) groups is 1. The number of hydrogen-bond donors (Lipinski definition) is 1. The van der Waals surface area contributed by atoms with E-state index in [1.165, 1.54) is 34.9 Å². The molecule has 33 heavy (non-hydrogen) atoms. The van der Waals surface area contributed by atoms with Crippen LogP contribution in [0.25, 0.3) is 16.7 Å². The Balaban J connectivity index is 1.47. The van der Waals surface area contributed by atoms with E-state index in [1.807, 2.05) is 22.6 Å². The van der Waals surface area contributed by atoms with Crippen LogP contribution in [0.5, 0.6) is 0 Å². The lowest BCUT2D eigenvalue weighted by molar-refractivity contribution is -0.119. The highest BCUT2D eigenvalue weighted by atomic mass is 32.2. The molecule has 0 saturated heterocycles. The van der Waals surface area contributed by atoms with Gasteiger partial charge in [-0.1, -0.05) is 55.3 Å². The van der Waals surface area contributed by atoms with E-state index in [9.17, 15) is 14.0 Å². The summed E-state index contributed by atoms with van der Waals surface area (Å²) in [5.41, 5.74) is 1.27. The Morgan fingerprint density at radius 1 is 1.06 bits per heavy atom. The number of nitrogens with one attached hydrogen (secondary N) is 1. The molecule has 1 amide bonds. The maximum Gasteiger partial charge on any atom is 0.263 e. The first-order chi connectivity index (χ1) is 16.1. The fraction of sp³-hybridized carbons (Fsp3) is 0.333. The molecule has 0 unspecified atom stereocenters. The highest BCUT2D eigenvalue weighted by Crippen LogP contribution is 2.23. The quantitative estimate of drug-likeness (QED) is 0.439. The maximum absolute atomic E-state index is 13.3. The summed E-state index contributed by atoms with van der Waals surface area (Å²) in [4.78, 5) is 25.8. The van der Waals surface area contributed by atoms with Crippen molar-refractivity contribution in [2.24, 2.45) is 0 Å². The van der Waals surface area contributed by atoms with Gasteiger partial charge in [-0.2, -0.15) is 0 Å². The Hall–Kier alpha value is -3.20. The van der Waals surface area contributed by atoms with Crippen LogP contribution in [0.15, 0.2) is 58.5 Å². The van der Waals surface area contributed by atoms with Gasteiger partial charge in [-0.25, -0.2) is 4.39 Å². The number of carbonyl (C=O) groups excluding carboxylic acids is 1. The van der Waals surface area contributed by atoms with Crippen LogP contribution in [0, 0.1) is 5.82 Å². The second-order valence-electron chi connectivity index (χ2n) is 8.34. The molecular weight excluding hydrogens is 441 g/mol. The van der Waals surface area contributed by atoms with Crippen LogP contribution >= 0.6 is 11.8 Å². The number of nitrogens with zero attached hydrogens (tertiary/aromatic N) is 4. The van der Waals surface area contributed by atoms with Crippen molar-refractivity contribution in [2.45, 2.75) is 49.8 Å². The summed E-state index contributed by atoms with van der Waals surface area (Å²) in [6, 6.07) is 13.6. The molecule has 0 bridgehead atoms. The maximum atomic E-state index is 13.3. The first-order valence-corrected chi connectivity index (χ1v) is 12.1. The molecule has 4 aromatic rings. The van der Waals surface area contributed by atoms with Gasteiger partial charge < -0.3 is 5.32 Å². The lowest BCUT2D eigenvalue weighted by atomic mass is 9.95. The minimum Gasteiger partial charge on any atom is -0.353 e. The predicted octanol–water partition coefficient (Wildman–Crippen LogP) is 3.77. The van der Waals surface area contributed by atoms with Crippen molar-refractivity contribution in [3.8, 4) is 0 Å². The monoisotopic (exact) mass is 465 g/mol. The normalized spacial score (nSPS) is 14.7. The average molecular weight is 466 g/mol. The standard InChI is InChI=1S/C24H24FN5O2S/c25-17-12-10-16(11-13-17)14-29-22(32)19-8-4-5-9-20(19)30-23(29)27-28-24(30)33-15-21(31)26-18-6-2-1-3-7-18/h4-5,8-13,18H,1-3,6-7,14-15H2,(H,26,31). The number of halogens is 1. The SMILES string of the molecule is O=C(CSc1nnc2n(Cc3ccc(F)cc3)c(=O)c3ccccc3n12)NC1CCCCC1. The van der Waals surface area contributed by atoms with E-state index in [-0.39, 0.29) is 35.6 Å². The van der Waals surface area contributed by atoms with Gasteiger partial charge in [-0.15, -0.1) is 10.2 Å². The average Bonchev–Trinajstić information content (AvgIpc) is 3.26. The first kappa shape index (κ1) is 21.6. The number of benzene rings is 2. The second kappa shape index (κ2) is 9.35. The molecule has 1 saturated carbocycles. The van der Waals surface area contributed by atoms with E-state index in [4.69, 9.17) is 0 Å². The van der Waals surface area contributed by atoms with Crippen LogP contribution in [-0.2, 0) is 11.3 Å². The van der Waals surface area contributed by atoms with Gasteiger partial charge in [0.05, 0.1) is 23.2 Å². The third-order valence-corrected chi connectivity index (χ3v) is 6.96. The molecule has 0 atom stereocenters. The summed E-state index contributed by atoms with van der Waals surface area (Å²) in [7, 11) is 0. The van der Waals surface area contributed by atoms with Crippen molar-refractivity contribution in [1.29, 1.82) is 0 Å². The topological polar surface area (TPSA) is 81.3 Å². The van der Waals surface area contributed by atoms with E-state index in [0.717, 1.165) is 31.2 Å². The Labute approximate surface area is 194 Å². The molecule has 0 radical (unpaired) electrons. The van der Waals surface area contributed by atoms with Gasteiger partial charge in [0.15, 0.2) is 5.16 Å². The molecule has 5 rings (SSSR count).